The first kappa shape index (κ1) is 21.8. The van der Waals surface area contributed by atoms with Crippen molar-refractivity contribution in [1.82, 2.24) is 14.8 Å². The highest BCUT2D eigenvalue weighted by Gasteiger charge is 2.35. The number of hydrogen-bond donors (Lipinski definition) is 0. The molecule has 32 heavy (non-hydrogen) atoms. The van der Waals surface area contributed by atoms with Crippen molar-refractivity contribution in [2.45, 2.75) is 18.0 Å². The Morgan fingerprint density at radius 1 is 1.06 bits per heavy atom. The number of alkyl halides is 3. The normalized spacial score (nSPS) is 12.3. The molecular weight excluding hydrogens is 450 g/mol. The van der Waals surface area contributed by atoms with Crippen LogP contribution in [0.5, 0.6) is 0 Å². The van der Waals surface area contributed by atoms with Gasteiger partial charge in [0.1, 0.15) is 22.7 Å². The third-order valence-corrected chi connectivity index (χ3v) is 5.92. The molecule has 0 unspecified atom stereocenters. The van der Waals surface area contributed by atoms with Gasteiger partial charge in [-0.25, -0.2) is 22.5 Å². The van der Waals surface area contributed by atoms with Gasteiger partial charge in [-0.1, -0.05) is 12.1 Å². The van der Waals surface area contributed by atoms with Crippen LogP contribution in [0.25, 0.3) is 28.2 Å². The molecule has 0 aliphatic rings. The highest BCUT2D eigenvalue weighted by molar-refractivity contribution is 7.90. The van der Waals surface area contributed by atoms with E-state index in [1.807, 2.05) is 0 Å². The van der Waals surface area contributed by atoms with E-state index >= 15 is 0 Å². The smallest absolute Gasteiger partial charge is 0.435 e. The summed E-state index contributed by atoms with van der Waals surface area (Å²) in [6.45, 7) is 1.76. The highest BCUT2D eigenvalue weighted by Crippen LogP contribution is 2.35. The highest BCUT2D eigenvalue weighted by atomic mass is 32.2. The second-order valence-corrected chi connectivity index (χ2v) is 9.10. The van der Waals surface area contributed by atoms with Gasteiger partial charge in [0.05, 0.1) is 11.4 Å². The van der Waals surface area contributed by atoms with Crippen molar-refractivity contribution in [3.63, 3.8) is 0 Å². The predicted molar refractivity (Wildman–Crippen MR) is 107 cm³/mol. The van der Waals surface area contributed by atoms with E-state index in [4.69, 9.17) is 4.42 Å². The average molecular weight is 465 g/mol. The van der Waals surface area contributed by atoms with Crippen molar-refractivity contribution >= 4 is 9.84 Å². The van der Waals surface area contributed by atoms with Crippen molar-refractivity contribution in [1.29, 1.82) is 0 Å². The second-order valence-electron chi connectivity index (χ2n) is 7.11. The lowest BCUT2D eigenvalue weighted by Crippen LogP contribution is -2.08. The van der Waals surface area contributed by atoms with E-state index in [2.05, 4.69) is 10.1 Å². The van der Waals surface area contributed by atoms with E-state index in [9.17, 15) is 26.0 Å². The Labute approximate surface area is 180 Å². The summed E-state index contributed by atoms with van der Waals surface area (Å²) in [4.78, 5) is 3.51. The molecule has 0 spiro atoms. The number of aromatic nitrogens is 3. The van der Waals surface area contributed by atoms with E-state index in [1.165, 1.54) is 18.7 Å². The van der Waals surface area contributed by atoms with Crippen molar-refractivity contribution in [2.75, 3.05) is 6.26 Å². The van der Waals surface area contributed by atoms with Crippen LogP contribution in [0, 0.1) is 12.7 Å². The van der Waals surface area contributed by atoms with Gasteiger partial charge < -0.3 is 4.42 Å². The molecule has 0 radical (unpaired) electrons. The van der Waals surface area contributed by atoms with E-state index in [0.717, 1.165) is 40.3 Å². The zero-order valence-corrected chi connectivity index (χ0v) is 17.5. The number of aryl methyl sites for hydroxylation is 1. The van der Waals surface area contributed by atoms with Crippen molar-refractivity contribution in [3.05, 3.63) is 72.2 Å². The SMILES string of the molecule is Cc1cc(-c2cc(C(F)(F)F)nn2-c2ccc(S(C)(=O)=O)c(F)c2)ccc1-c1cocn1. The molecule has 0 atom stereocenters. The van der Waals surface area contributed by atoms with Crippen LogP contribution in [0.2, 0.25) is 0 Å². The largest absolute Gasteiger partial charge is 0.451 e. The van der Waals surface area contributed by atoms with Gasteiger partial charge in [-0.15, -0.1) is 0 Å². The first-order valence-electron chi connectivity index (χ1n) is 9.12. The molecule has 6 nitrogen and oxygen atoms in total. The van der Waals surface area contributed by atoms with Crippen LogP contribution < -0.4 is 0 Å². The van der Waals surface area contributed by atoms with Gasteiger partial charge in [-0.3, -0.25) is 0 Å². The monoisotopic (exact) mass is 465 g/mol. The number of benzene rings is 2. The van der Waals surface area contributed by atoms with Crippen LogP contribution in [-0.4, -0.2) is 29.4 Å². The molecule has 11 heteroatoms. The molecule has 2 aromatic heterocycles. The van der Waals surface area contributed by atoms with Gasteiger partial charge in [-0.2, -0.15) is 18.3 Å². The summed E-state index contributed by atoms with van der Waals surface area (Å²) in [5.74, 6) is -1.09. The van der Waals surface area contributed by atoms with Gasteiger partial charge in [-0.05, 0) is 36.8 Å². The zero-order chi connectivity index (χ0) is 23.3. The minimum Gasteiger partial charge on any atom is -0.451 e. The standard InChI is InChI=1S/C21H15F4N3O3S/c1-12-7-13(3-5-15(12)17-10-31-11-26-17)18-9-20(21(23,24)25)27-28(18)14-4-6-19(16(22)8-14)32(2,29)30/h3-11H,1-2H3. The molecule has 0 saturated heterocycles. The lowest BCUT2D eigenvalue weighted by atomic mass is 10.0. The fourth-order valence-corrected chi connectivity index (χ4v) is 4.03. The molecule has 4 aromatic rings. The molecule has 0 amide bonds. The third kappa shape index (κ3) is 4.03. The molecule has 0 bridgehead atoms. The molecule has 0 saturated carbocycles. The number of sulfone groups is 1. The Morgan fingerprint density at radius 3 is 2.38 bits per heavy atom. The van der Waals surface area contributed by atoms with Crippen molar-refractivity contribution < 1.29 is 30.4 Å². The second kappa shape index (κ2) is 7.59. The summed E-state index contributed by atoms with van der Waals surface area (Å²) >= 11 is 0. The minimum absolute atomic E-state index is 0.0543. The summed E-state index contributed by atoms with van der Waals surface area (Å²) in [7, 11) is -3.84. The lowest BCUT2D eigenvalue weighted by molar-refractivity contribution is -0.141. The molecule has 2 heterocycles. The Morgan fingerprint density at radius 2 is 1.81 bits per heavy atom. The molecule has 0 fully saturated rings. The van der Waals surface area contributed by atoms with Gasteiger partial charge in [0.25, 0.3) is 0 Å². The number of hydrogen-bond acceptors (Lipinski definition) is 5. The molecule has 166 valence electrons. The summed E-state index contributed by atoms with van der Waals surface area (Å²) < 4.78 is 83.8. The topological polar surface area (TPSA) is 78.0 Å². The molecule has 2 aromatic carbocycles. The average Bonchev–Trinajstić information content (AvgIpc) is 3.36. The van der Waals surface area contributed by atoms with E-state index in [-0.39, 0.29) is 11.4 Å². The quantitative estimate of drug-likeness (QED) is 0.394. The van der Waals surface area contributed by atoms with Crippen LogP contribution in [0.15, 0.2) is 64.4 Å². The van der Waals surface area contributed by atoms with Gasteiger partial charge in [0, 0.05) is 23.4 Å². The van der Waals surface area contributed by atoms with Crippen LogP contribution in [-0.2, 0) is 16.0 Å². The van der Waals surface area contributed by atoms with Crippen molar-refractivity contribution in [2.24, 2.45) is 0 Å². The zero-order valence-electron chi connectivity index (χ0n) is 16.7. The van der Waals surface area contributed by atoms with Gasteiger partial charge in [0.15, 0.2) is 21.9 Å². The lowest BCUT2D eigenvalue weighted by Gasteiger charge is -2.11. The maximum absolute atomic E-state index is 14.4. The van der Waals surface area contributed by atoms with E-state index < -0.39 is 32.4 Å². The molecule has 0 aliphatic carbocycles. The number of halogens is 4. The van der Waals surface area contributed by atoms with Crippen LogP contribution >= 0.6 is 0 Å². The minimum atomic E-state index is -4.74. The first-order chi connectivity index (χ1) is 14.9. The first-order valence-corrected chi connectivity index (χ1v) is 11.0. The Hall–Kier alpha value is -3.47. The summed E-state index contributed by atoms with van der Waals surface area (Å²) in [5, 5.41) is 3.61. The molecular formula is C21H15F4N3O3S. The van der Waals surface area contributed by atoms with Gasteiger partial charge >= 0.3 is 6.18 Å². The Kier molecular flexibility index (Phi) is 5.16. The fourth-order valence-electron chi connectivity index (χ4n) is 3.30. The maximum atomic E-state index is 14.4. The van der Waals surface area contributed by atoms with Gasteiger partial charge in [0.2, 0.25) is 0 Å². The number of oxazole rings is 1. The maximum Gasteiger partial charge on any atom is 0.435 e. The Balaban J connectivity index is 1.88. The summed E-state index contributed by atoms with van der Waals surface area (Å²) in [6.07, 6.45) is -1.19. The molecule has 0 N–H and O–H groups in total. The van der Waals surface area contributed by atoms with E-state index in [1.54, 1.807) is 25.1 Å². The van der Waals surface area contributed by atoms with E-state index in [0.29, 0.717) is 11.3 Å². The number of rotatable bonds is 4. The van der Waals surface area contributed by atoms with Crippen molar-refractivity contribution in [3.8, 4) is 28.2 Å². The summed E-state index contributed by atoms with van der Waals surface area (Å²) in [6, 6.07) is 8.81. The fraction of sp³-hybridized carbons (Fsp3) is 0.143. The summed E-state index contributed by atoms with van der Waals surface area (Å²) in [5.41, 5.74) is 1.24. The Bertz CT molecular complexity index is 1410. The number of nitrogens with zero attached hydrogens (tertiary/aromatic N) is 3. The molecule has 4 rings (SSSR count). The van der Waals surface area contributed by atoms with Crippen LogP contribution in [0.3, 0.4) is 0 Å². The third-order valence-electron chi connectivity index (χ3n) is 4.79. The van der Waals surface area contributed by atoms with Crippen LogP contribution in [0.4, 0.5) is 17.6 Å². The molecule has 0 aliphatic heterocycles. The predicted octanol–water partition coefficient (Wildman–Crippen LogP) is 5.06. The van der Waals surface area contributed by atoms with Crippen LogP contribution in [0.1, 0.15) is 11.3 Å².